The van der Waals surface area contributed by atoms with Crippen LogP contribution in [0.25, 0.3) is 11.1 Å². The highest BCUT2D eigenvalue weighted by Gasteiger charge is 2.03. The fourth-order valence-electron chi connectivity index (χ4n) is 1.48. The molecule has 0 N–H and O–H groups in total. The highest BCUT2D eigenvalue weighted by Crippen LogP contribution is 2.23. The Morgan fingerprint density at radius 3 is 2.36 bits per heavy atom. The van der Waals surface area contributed by atoms with Gasteiger partial charge < -0.3 is 0 Å². The molecule has 2 aromatic carbocycles. The van der Waals surface area contributed by atoms with Gasteiger partial charge in [0.1, 0.15) is 5.82 Å². The average molecular weight is 186 g/mol. The van der Waals surface area contributed by atoms with Crippen LogP contribution in [0, 0.1) is 12.7 Å². The Morgan fingerprint density at radius 1 is 0.929 bits per heavy atom. The summed E-state index contributed by atoms with van der Waals surface area (Å²) in [6.45, 7) is 1.96. The summed E-state index contributed by atoms with van der Waals surface area (Å²) in [6.07, 6.45) is 0. The maximum Gasteiger partial charge on any atom is 0.131 e. The van der Waals surface area contributed by atoms with Crippen LogP contribution < -0.4 is 0 Å². The molecule has 0 aromatic heterocycles. The molecule has 0 saturated carbocycles. The fourth-order valence-corrected chi connectivity index (χ4v) is 1.48. The zero-order chi connectivity index (χ0) is 9.97. The van der Waals surface area contributed by atoms with E-state index in [4.69, 9.17) is 0 Å². The highest BCUT2D eigenvalue weighted by molar-refractivity contribution is 5.64. The van der Waals surface area contributed by atoms with Crippen molar-refractivity contribution in [1.29, 1.82) is 0 Å². The minimum Gasteiger partial charge on any atom is -0.206 e. The van der Waals surface area contributed by atoms with Crippen LogP contribution in [0.5, 0.6) is 0 Å². The molecule has 0 spiro atoms. The molecule has 0 aliphatic rings. The number of aryl methyl sites for hydroxylation is 1. The van der Waals surface area contributed by atoms with E-state index in [0.29, 0.717) is 5.56 Å². The third kappa shape index (κ3) is 1.67. The molecule has 0 unspecified atom stereocenters. The number of halogens is 1. The van der Waals surface area contributed by atoms with E-state index in [1.165, 1.54) is 6.07 Å². The van der Waals surface area contributed by atoms with Gasteiger partial charge in [0.05, 0.1) is 0 Å². The Balaban J connectivity index is 2.57. The predicted molar refractivity (Wildman–Crippen MR) is 56.6 cm³/mol. The van der Waals surface area contributed by atoms with Gasteiger partial charge in [-0.3, -0.25) is 0 Å². The van der Waals surface area contributed by atoms with Gasteiger partial charge in [-0.2, -0.15) is 0 Å². The second-order valence-electron chi connectivity index (χ2n) is 3.35. The van der Waals surface area contributed by atoms with Crippen LogP contribution in [0.15, 0.2) is 48.5 Å². The number of hydrogen-bond donors (Lipinski definition) is 0. The van der Waals surface area contributed by atoms with Gasteiger partial charge >= 0.3 is 0 Å². The summed E-state index contributed by atoms with van der Waals surface area (Å²) >= 11 is 0. The molecular formula is C13H11F. The van der Waals surface area contributed by atoms with Crippen molar-refractivity contribution in [3.8, 4) is 11.1 Å². The average Bonchev–Trinajstić information content (AvgIpc) is 2.23. The number of benzene rings is 2. The van der Waals surface area contributed by atoms with E-state index in [-0.39, 0.29) is 5.82 Å². The van der Waals surface area contributed by atoms with E-state index in [2.05, 4.69) is 0 Å². The topological polar surface area (TPSA) is 0 Å². The molecule has 0 atom stereocenters. The molecule has 14 heavy (non-hydrogen) atoms. The van der Waals surface area contributed by atoms with E-state index in [0.717, 1.165) is 11.1 Å². The first-order chi connectivity index (χ1) is 6.77. The Morgan fingerprint density at radius 2 is 1.64 bits per heavy atom. The summed E-state index contributed by atoms with van der Waals surface area (Å²) in [4.78, 5) is 0. The lowest BCUT2D eigenvalue weighted by Crippen LogP contribution is -1.84. The lowest BCUT2D eigenvalue weighted by Gasteiger charge is -2.03. The second kappa shape index (κ2) is 3.62. The molecule has 0 aliphatic carbocycles. The summed E-state index contributed by atoms with van der Waals surface area (Å²) in [5.41, 5.74) is 2.67. The Bertz CT molecular complexity index is 432. The van der Waals surface area contributed by atoms with Crippen molar-refractivity contribution in [3.63, 3.8) is 0 Å². The quantitative estimate of drug-likeness (QED) is 0.635. The molecule has 0 heterocycles. The summed E-state index contributed by atoms with van der Waals surface area (Å²) in [6, 6.07) is 14.7. The lowest BCUT2D eigenvalue weighted by molar-refractivity contribution is 0.631. The first-order valence-electron chi connectivity index (χ1n) is 4.59. The molecular weight excluding hydrogens is 175 g/mol. The Kier molecular flexibility index (Phi) is 2.32. The molecule has 0 fully saturated rings. The van der Waals surface area contributed by atoms with Crippen molar-refractivity contribution in [1.82, 2.24) is 0 Å². The van der Waals surface area contributed by atoms with Gasteiger partial charge in [-0.1, -0.05) is 42.0 Å². The molecule has 0 aliphatic heterocycles. The van der Waals surface area contributed by atoms with Gasteiger partial charge in [0, 0.05) is 5.56 Å². The molecule has 0 saturated heterocycles. The molecule has 2 aromatic rings. The van der Waals surface area contributed by atoms with Crippen molar-refractivity contribution in [2.24, 2.45) is 0 Å². The van der Waals surface area contributed by atoms with E-state index in [9.17, 15) is 4.39 Å². The summed E-state index contributed by atoms with van der Waals surface area (Å²) < 4.78 is 13.5. The summed E-state index contributed by atoms with van der Waals surface area (Å²) in [5, 5.41) is 0. The van der Waals surface area contributed by atoms with Crippen LogP contribution in [0.4, 0.5) is 4.39 Å². The van der Waals surface area contributed by atoms with E-state index in [1.807, 2.05) is 43.3 Å². The van der Waals surface area contributed by atoms with E-state index >= 15 is 0 Å². The first-order valence-corrected chi connectivity index (χ1v) is 4.59. The normalized spacial score (nSPS) is 10.1. The van der Waals surface area contributed by atoms with Crippen LogP contribution >= 0.6 is 0 Å². The second-order valence-corrected chi connectivity index (χ2v) is 3.35. The molecule has 1 heteroatoms. The third-order valence-electron chi connectivity index (χ3n) is 2.21. The van der Waals surface area contributed by atoms with Gasteiger partial charge in [0.15, 0.2) is 0 Å². The van der Waals surface area contributed by atoms with Gasteiger partial charge in [0.2, 0.25) is 0 Å². The zero-order valence-corrected chi connectivity index (χ0v) is 8.00. The maximum atomic E-state index is 13.5. The van der Waals surface area contributed by atoms with Crippen molar-refractivity contribution in [2.45, 2.75) is 6.92 Å². The minimum absolute atomic E-state index is 0.165. The SMILES string of the molecule is Cc1ccc(F)c(-c2ccccc2)c1. The predicted octanol–water partition coefficient (Wildman–Crippen LogP) is 3.80. The number of rotatable bonds is 1. The summed E-state index contributed by atoms with van der Waals surface area (Å²) in [7, 11) is 0. The molecule has 0 bridgehead atoms. The van der Waals surface area contributed by atoms with E-state index in [1.54, 1.807) is 6.07 Å². The highest BCUT2D eigenvalue weighted by atomic mass is 19.1. The van der Waals surface area contributed by atoms with Crippen molar-refractivity contribution >= 4 is 0 Å². The molecule has 70 valence electrons. The molecule has 0 radical (unpaired) electrons. The van der Waals surface area contributed by atoms with Gasteiger partial charge in [-0.25, -0.2) is 4.39 Å². The largest absolute Gasteiger partial charge is 0.206 e. The van der Waals surface area contributed by atoms with Gasteiger partial charge in [0.25, 0.3) is 0 Å². The lowest BCUT2D eigenvalue weighted by atomic mass is 10.0. The standard InChI is InChI=1S/C13H11F/c1-10-7-8-13(14)12(9-10)11-5-3-2-4-6-11/h2-9H,1H3. The zero-order valence-electron chi connectivity index (χ0n) is 8.00. The number of hydrogen-bond acceptors (Lipinski definition) is 0. The van der Waals surface area contributed by atoms with Crippen LogP contribution in [-0.2, 0) is 0 Å². The van der Waals surface area contributed by atoms with Gasteiger partial charge in [-0.15, -0.1) is 0 Å². The van der Waals surface area contributed by atoms with Gasteiger partial charge in [-0.05, 0) is 24.6 Å². The summed E-state index contributed by atoms with van der Waals surface area (Å²) in [5.74, 6) is -0.165. The van der Waals surface area contributed by atoms with Crippen molar-refractivity contribution in [3.05, 3.63) is 59.9 Å². The van der Waals surface area contributed by atoms with Crippen LogP contribution in [-0.4, -0.2) is 0 Å². The maximum absolute atomic E-state index is 13.5. The van der Waals surface area contributed by atoms with Crippen LogP contribution in [0.1, 0.15) is 5.56 Å². The Labute approximate surface area is 83.0 Å². The molecule has 0 amide bonds. The third-order valence-corrected chi connectivity index (χ3v) is 2.21. The first kappa shape index (κ1) is 8.95. The van der Waals surface area contributed by atoms with Crippen molar-refractivity contribution in [2.75, 3.05) is 0 Å². The van der Waals surface area contributed by atoms with Crippen molar-refractivity contribution < 1.29 is 4.39 Å². The molecule has 2 rings (SSSR count). The van der Waals surface area contributed by atoms with Crippen LogP contribution in [0.2, 0.25) is 0 Å². The van der Waals surface area contributed by atoms with Crippen LogP contribution in [0.3, 0.4) is 0 Å². The van der Waals surface area contributed by atoms with E-state index < -0.39 is 0 Å². The monoisotopic (exact) mass is 186 g/mol. The minimum atomic E-state index is -0.165. The molecule has 0 nitrogen and oxygen atoms in total. The smallest absolute Gasteiger partial charge is 0.131 e. The Hall–Kier alpha value is -1.63. The fraction of sp³-hybridized carbons (Fsp3) is 0.0769.